The van der Waals surface area contributed by atoms with Crippen LogP contribution in [0.25, 0.3) is 5.69 Å². The van der Waals surface area contributed by atoms with Gasteiger partial charge in [-0.25, -0.2) is 4.99 Å². The van der Waals surface area contributed by atoms with Crippen molar-refractivity contribution in [2.24, 2.45) is 4.99 Å². The van der Waals surface area contributed by atoms with E-state index in [9.17, 15) is 0 Å². The molecule has 3 rings (SSSR count). The monoisotopic (exact) mass is 334 g/mol. The maximum absolute atomic E-state index is 4.67. The first-order chi connectivity index (χ1) is 12.2. The number of benzene rings is 2. The van der Waals surface area contributed by atoms with Gasteiger partial charge in [-0.15, -0.1) is 10.2 Å². The number of hydrogen-bond acceptors (Lipinski definition) is 3. The zero-order valence-electron chi connectivity index (χ0n) is 14.5. The van der Waals surface area contributed by atoms with Crippen LogP contribution in [0.4, 0.5) is 0 Å². The molecule has 0 saturated carbocycles. The lowest BCUT2D eigenvalue weighted by Gasteiger charge is -2.17. The third-order valence-corrected chi connectivity index (χ3v) is 3.74. The number of nitrogens with one attached hydrogen (secondary N) is 1. The number of para-hydroxylation sites is 1. The smallest absolute Gasteiger partial charge is 0.194 e. The van der Waals surface area contributed by atoms with Crippen molar-refractivity contribution < 1.29 is 0 Å². The lowest BCUT2D eigenvalue weighted by molar-refractivity contribution is 0.573. The van der Waals surface area contributed by atoms with Crippen LogP contribution in [0, 0.1) is 0 Å². The van der Waals surface area contributed by atoms with E-state index >= 15 is 0 Å². The summed E-state index contributed by atoms with van der Waals surface area (Å²) in [6.45, 7) is 1.17. The van der Waals surface area contributed by atoms with E-state index in [0.29, 0.717) is 13.1 Å². The Kier molecular flexibility index (Phi) is 5.41. The number of aliphatic imine (C=N–C) groups is 1. The summed E-state index contributed by atoms with van der Waals surface area (Å²) in [5.41, 5.74) is 2.22. The van der Waals surface area contributed by atoms with E-state index in [0.717, 1.165) is 17.5 Å². The Bertz CT molecular complexity index is 808. The summed E-state index contributed by atoms with van der Waals surface area (Å²) in [5.74, 6) is 1.65. The molecule has 6 nitrogen and oxygen atoms in total. The van der Waals surface area contributed by atoms with Crippen LogP contribution in [0.5, 0.6) is 0 Å². The van der Waals surface area contributed by atoms with Crippen molar-refractivity contribution in [2.75, 3.05) is 14.1 Å². The fraction of sp³-hybridized carbons (Fsp3) is 0.211. The molecule has 1 heterocycles. The molecule has 1 N–H and O–H groups in total. The fourth-order valence-electron chi connectivity index (χ4n) is 2.45. The van der Waals surface area contributed by atoms with Crippen molar-refractivity contribution in [2.45, 2.75) is 13.1 Å². The number of hydrogen-bond donors (Lipinski definition) is 1. The molecule has 0 atom stereocenters. The average Bonchev–Trinajstić information content (AvgIpc) is 3.11. The molecule has 0 aliphatic heterocycles. The summed E-state index contributed by atoms with van der Waals surface area (Å²) in [6.07, 6.45) is 1.72. The number of nitrogens with zero attached hydrogens (tertiary/aromatic N) is 5. The fourth-order valence-corrected chi connectivity index (χ4v) is 2.45. The molecule has 0 aliphatic rings. The van der Waals surface area contributed by atoms with E-state index in [1.54, 1.807) is 6.33 Å². The highest BCUT2D eigenvalue weighted by atomic mass is 15.3. The number of rotatable bonds is 5. The standard InChI is InChI=1S/C19H22N6/c1-24(2)19(20-13-16-9-5-3-6-10-16)21-14-18-23-22-15-25(18)17-11-7-4-8-12-17/h3-12,15H,13-14H2,1-2H3,(H,20,21). The normalized spacial score (nSPS) is 11.4. The van der Waals surface area contributed by atoms with Gasteiger partial charge in [-0.05, 0) is 17.7 Å². The predicted molar refractivity (Wildman–Crippen MR) is 99.5 cm³/mol. The molecule has 25 heavy (non-hydrogen) atoms. The molecule has 1 aromatic heterocycles. The molecule has 128 valence electrons. The zero-order valence-corrected chi connectivity index (χ0v) is 14.5. The minimum Gasteiger partial charge on any atom is -0.349 e. The summed E-state index contributed by atoms with van der Waals surface area (Å²) in [4.78, 5) is 6.63. The van der Waals surface area contributed by atoms with Gasteiger partial charge in [-0.2, -0.15) is 0 Å². The highest BCUT2D eigenvalue weighted by molar-refractivity contribution is 5.79. The summed E-state index contributed by atoms with van der Waals surface area (Å²) in [7, 11) is 3.94. The molecule has 0 unspecified atom stereocenters. The third kappa shape index (κ3) is 4.44. The Morgan fingerprint density at radius 2 is 1.72 bits per heavy atom. The average molecular weight is 334 g/mol. The van der Waals surface area contributed by atoms with E-state index in [1.807, 2.05) is 72.1 Å². The second-order valence-corrected chi connectivity index (χ2v) is 5.83. The molecule has 0 fully saturated rings. The van der Waals surface area contributed by atoms with Crippen LogP contribution in [0.2, 0.25) is 0 Å². The minimum atomic E-state index is 0.542. The molecule has 0 aliphatic carbocycles. The minimum absolute atomic E-state index is 0.542. The van der Waals surface area contributed by atoms with Crippen LogP contribution in [0.15, 0.2) is 72.0 Å². The molecule has 0 saturated heterocycles. The lowest BCUT2D eigenvalue weighted by Crippen LogP contribution is -2.36. The Hall–Kier alpha value is -3.15. The molecule has 3 aromatic rings. The van der Waals surface area contributed by atoms with Gasteiger partial charge in [0.2, 0.25) is 0 Å². The van der Waals surface area contributed by atoms with Gasteiger partial charge in [0, 0.05) is 19.8 Å². The van der Waals surface area contributed by atoms with Gasteiger partial charge in [-0.3, -0.25) is 4.57 Å². The SMILES string of the molecule is CN(C)C(=NCc1ccccc1)NCc1nncn1-c1ccccc1. The van der Waals surface area contributed by atoms with Crippen LogP contribution < -0.4 is 5.32 Å². The Morgan fingerprint density at radius 3 is 2.40 bits per heavy atom. The molecule has 0 bridgehead atoms. The molecular formula is C19H22N6. The first-order valence-corrected chi connectivity index (χ1v) is 8.18. The van der Waals surface area contributed by atoms with E-state index in [2.05, 4.69) is 32.6 Å². The van der Waals surface area contributed by atoms with E-state index in [1.165, 1.54) is 5.56 Å². The Balaban J connectivity index is 1.70. The third-order valence-electron chi connectivity index (χ3n) is 3.74. The quantitative estimate of drug-likeness (QED) is 0.575. The van der Waals surface area contributed by atoms with Gasteiger partial charge in [0.05, 0.1) is 13.1 Å². The van der Waals surface area contributed by atoms with Crippen molar-refractivity contribution in [3.05, 3.63) is 78.4 Å². The van der Waals surface area contributed by atoms with Crippen molar-refractivity contribution in [3.8, 4) is 5.69 Å². The Morgan fingerprint density at radius 1 is 1.04 bits per heavy atom. The topological polar surface area (TPSA) is 58.3 Å². The zero-order chi connectivity index (χ0) is 17.5. The van der Waals surface area contributed by atoms with Gasteiger partial charge in [0.15, 0.2) is 11.8 Å². The lowest BCUT2D eigenvalue weighted by atomic mass is 10.2. The highest BCUT2D eigenvalue weighted by Gasteiger charge is 2.08. The van der Waals surface area contributed by atoms with Crippen LogP contribution in [0.3, 0.4) is 0 Å². The van der Waals surface area contributed by atoms with Crippen molar-refractivity contribution >= 4 is 5.96 Å². The van der Waals surface area contributed by atoms with E-state index in [4.69, 9.17) is 0 Å². The first-order valence-electron chi connectivity index (χ1n) is 8.18. The molecule has 6 heteroatoms. The van der Waals surface area contributed by atoms with E-state index in [-0.39, 0.29) is 0 Å². The van der Waals surface area contributed by atoms with Gasteiger partial charge in [0.1, 0.15) is 6.33 Å². The van der Waals surface area contributed by atoms with Gasteiger partial charge >= 0.3 is 0 Å². The molecule has 0 amide bonds. The molecular weight excluding hydrogens is 312 g/mol. The number of aromatic nitrogens is 3. The van der Waals surface area contributed by atoms with Crippen LogP contribution >= 0.6 is 0 Å². The summed E-state index contributed by atoms with van der Waals surface area (Å²) < 4.78 is 1.97. The van der Waals surface area contributed by atoms with E-state index < -0.39 is 0 Å². The van der Waals surface area contributed by atoms with Gasteiger partial charge < -0.3 is 10.2 Å². The summed E-state index contributed by atoms with van der Waals surface area (Å²) in [5, 5.41) is 11.6. The second kappa shape index (κ2) is 8.10. The van der Waals surface area contributed by atoms with Crippen molar-refractivity contribution in [1.29, 1.82) is 0 Å². The number of guanidine groups is 1. The van der Waals surface area contributed by atoms with Crippen molar-refractivity contribution in [3.63, 3.8) is 0 Å². The predicted octanol–water partition coefficient (Wildman–Crippen LogP) is 2.47. The summed E-state index contributed by atoms with van der Waals surface area (Å²) in [6, 6.07) is 20.3. The highest BCUT2D eigenvalue weighted by Crippen LogP contribution is 2.08. The maximum Gasteiger partial charge on any atom is 0.194 e. The van der Waals surface area contributed by atoms with Crippen LogP contribution in [-0.2, 0) is 13.1 Å². The van der Waals surface area contributed by atoms with Gasteiger partial charge in [0.25, 0.3) is 0 Å². The molecule has 0 radical (unpaired) electrons. The van der Waals surface area contributed by atoms with Crippen LogP contribution in [0.1, 0.15) is 11.4 Å². The molecule has 2 aromatic carbocycles. The maximum atomic E-state index is 4.67. The first kappa shape index (κ1) is 16.7. The molecule has 0 spiro atoms. The van der Waals surface area contributed by atoms with Crippen LogP contribution in [-0.4, -0.2) is 39.7 Å². The summed E-state index contributed by atoms with van der Waals surface area (Å²) >= 11 is 0. The largest absolute Gasteiger partial charge is 0.349 e. The van der Waals surface area contributed by atoms with Gasteiger partial charge in [-0.1, -0.05) is 48.5 Å². The second-order valence-electron chi connectivity index (χ2n) is 5.83. The Labute approximate surface area is 147 Å². The van der Waals surface area contributed by atoms with Crippen molar-refractivity contribution in [1.82, 2.24) is 25.0 Å².